The zero-order valence-corrected chi connectivity index (χ0v) is 19.7. The summed E-state index contributed by atoms with van der Waals surface area (Å²) in [6, 6.07) is 4.30. The zero-order chi connectivity index (χ0) is 25.3. The lowest BCUT2D eigenvalue weighted by molar-refractivity contribution is -0.386. The molecule has 35 heavy (non-hydrogen) atoms. The molecule has 4 rings (SSSR count). The summed E-state index contributed by atoms with van der Waals surface area (Å²) in [5.74, 6) is -1.35. The van der Waals surface area contributed by atoms with Crippen LogP contribution in [0.15, 0.2) is 41.6 Å². The summed E-state index contributed by atoms with van der Waals surface area (Å²) in [6.45, 7) is 1.98. The number of benzene rings is 1. The smallest absolute Gasteiger partial charge is 0.311 e. The van der Waals surface area contributed by atoms with Crippen molar-refractivity contribution < 1.29 is 27.3 Å². The van der Waals surface area contributed by atoms with Gasteiger partial charge >= 0.3 is 5.69 Å². The van der Waals surface area contributed by atoms with Crippen molar-refractivity contribution in [2.75, 3.05) is 26.2 Å². The number of carbonyl (C=O) groups is 1. The quantitative estimate of drug-likeness (QED) is 0.342. The molecule has 1 aliphatic heterocycles. The van der Waals surface area contributed by atoms with Gasteiger partial charge in [-0.1, -0.05) is 0 Å². The van der Waals surface area contributed by atoms with Crippen molar-refractivity contribution in [3.05, 3.63) is 64.0 Å². The standard InChI is InChI=1S/C20H22FN7O6S/c1-14-19(12-22-24(14)2)35(32,33)27-9-7-25(8-10-27)20(29)16-5-6-26(23-16)13-34-18-11-15(21)3-4-17(18)28(30)31/h3-6,11-12H,7-10,13H2,1-2H3. The number of hydrogen-bond donors (Lipinski definition) is 0. The maximum Gasteiger partial charge on any atom is 0.311 e. The number of aryl methyl sites for hydroxylation is 1. The van der Waals surface area contributed by atoms with Crippen LogP contribution in [0.2, 0.25) is 0 Å². The topological polar surface area (TPSA) is 146 Å². The fourth-order valence-corrected chi connectivity index (χ4v) is 5.21. The first-order chi connectivity index (χ1) is 16.6. The summed E-state index contributed by atoms with van der Waals surface area (Å²) >= 11 is 0. The van der Waals surface area contributed by atoms with Crippen molar-refractivity contribution in [3.63, 3.8) is 0 Å². The van der Waals surface area contributed by atoms with Crippen molar-refractivity contribution in [2.24, 2.45) is 7.05 Å². The van der Waals surface area contributed by atoms with Gasteiger partial charge < -0.3 is 9.64 Å². The van der Waals surface area contributed by atoms with Crippen molar-refractivity contribution in [1.82, 2.24) is 28.8 Å². The zero-order valence-electron chi connectivity index (χ0n) is 18.9. The molecule has 0 aliphatic carbocycles. The molecule has 15 heteroatoms. The lowest BCUT2D eigenvalue weighted by atomic mass is 10.3. The SMILES string of the molecule is Cc1c(S(=O)(=O)N2CCN(C(=O)c3ccn(COc4cc(F)ccc4[N+](=O)[O-])n3)CC2)cnn1C. The Morgan fingerprint density at radius 2 is 1.94 bits per heavy atom. The lowest BCUT2D eigenvalue weighted by Gasteiger charge is -2.33. The second-order valence-electron chi connectivity index (χ2n) is 7.80. The van der Waals surface area contributed by atoms with Gasteiger partial charge in [-0.3, -0.25) is 19.6 Å². The van der Waals surface area contributed by atoms with Gasteiger partial charge in [0.05, 0.1) is 16.8 Å². The van der Waals surface area contributed by atoms with Crippen LogP contribution >= 0.6 is 0 Å². The molecule has 0 bridgehead atoms. The van der Waals surface area contributed by atoms with Crippen molar-refractivity contribution in [2.45, 2.75) is 18.6 Å². The molecule has 0 spiro atoms. The Labute approximate surface area is 199 Å². The summed E-state index contributed by atoms with van der Waals surface area (Å²) in [6.07, 6.45) is 2.76. The number of aromatic nitrogens is 4. The van der Waals surface area contributed by atoms with Gasteiger partial charge in [-0.25, -0.2) is 17.5 Å². The van der Waals surface area contributed by atoms with Gasteiger partial charge in [0, 0.05) is 51.6 Å². The maximum absolute atomic E-state index is 13.5. The van der Waals surface area contributed by atoms with Crippen LogP contribution in [0, 0.1) is 22.9 Å². The Morgan fingerprint density at radius 3 is 2.57 bits per heavy atom. The Bertz CT molecular complexity index is 1380. The molecule has 1 saturated heterocycles. The van der Waals surface area contributed by atoms with E-state index in [1.165, 1.54) is 37.0 Å². The highest BCUT2D eigenvalue weighted by Gasteiger charge is 2.33. The molecule has 0 saturated carbocycles. The number of sulfonamides is 1. The maximum atomic E-state index is 13.5. The minimum Gasteiger partial charge on any atom is -0.464 e. The molecule has 13 nitrogen and oxygen atoms in total. The van der Waals surface area contributed by atoms with Gasteiger partial charge in [-0.05, 0) is 19.1 Å². The molecular formula is C20H22FN7O6S. The van der Waals surface area contributed by atoms with E-state index in [-0.39, 0.29) is 49.2 Å². The van der Waals surface area contributed by atoms with E-state index in [2.05, 4.69) is 10.2 Å². The lowest BCUT2D eigenvalue weighted by Crippen LogP contribution is -2.50. The number of ether oxygens (including phenoxy) is 1. The fourth-order valence-electron chi connectivity index (χ4n) is 3.60. The number of amides is 1. The molecule has 0 radical (unpaired) electrons. The number of hydrogen-bond acceptors (Lipinski definition) is 8. The van der Waals surface area contributed by atoms with Crippen LogP contribution in [-0.2, 0) is 23.8 Å². The second-order valence-corrected chi connectivity index (χ2v) is 9.70. The van der Waals surface area contributed by atoms with Crippen molar-refractivity contribution in [1.29, 1.82) is 0 Å². The minimum absolute atomic E-state index is 0.0988. The number of nitro benzene ring substituents is 1. The third kappa shape index (κ3) is 4.85. The molecule has 0 atom stereocenters. The van der Waals surface area contributed by atoms with Crippen LogP contribution in [0.3, 0.4) is 0 Å². The number of nitrogens with zero attached hydrogens (tertiary/aromatic N) is 7. The Hall–Kier alpha value is -3.85. The predicted molar refractivity (Wildman–Crippen MR) is 119 cm³/mol. The van der Waals surface area contributed by atoms with E-state index in [0.717, 1.165) is 18.2 Å². The molecule has 186 valence electrons. The van der Waals surface area contributed by atoms with Crippen molar-refractivity contribution >= 4 is 21.6 Å². The van der Waals surface area contributed by atoms with Crippen LogP contribution in [-0.4, -0.2) is 74.2 Å². The largest absolute Gasteiger partial charge is 0.464 e. The van der Waals surface area contributed by atoms with Crippen LogP contribution in [0.25, 0.3) is 0 Å². The first-order valence-electron chi connectivity index (χ1n) is 10.5. The molecule has 3 aromatic rings. The van der Waals surface area contributed by atoms with Crippen molar-refractivity contribution in [3.8, 4) is 5.75 Å². The molecule has 2 aromatic heterocycles. The Balaban J connectivity index is 1.37. The van der Waals surface area contributed by atoms with E-state index in [4.69, 9.17) is 4.74 Å². The monoisotopic (exact) mass is 507 g/mol. The summed E-state index contributed by atoms with van der Waals surface area (Å²) in [4.78, 5) is 24.9. The van der Waals surface area contributed by atoms with Crippen LogP contribution in [0.5, 0.6) is 5.75 Å². The highest BCUT2D eigenvalue weighted by atomic mass is 32.2. The summed E-state index contributed by atoms with van der Waals surface area (Å²) < 4.78 is 48.7. The van der Waals surface area contributed by atoms with E-state index in [9.17, 15) is 27.7 Å². The molecule has 3 heterocycles. The molecule has 0 N–H and O–H groups in total. The van der Waals surface area contributed by atoms with Gasteiger partial charge in [-0.15, -0.1) is 0 Å². The number of rotatable bonds is 7. The van der Waals surface area contributed by atoms with Gasteiger partial charge in [0.15, 0.2) is 12.4 Å². The molecule has 1 aromatic carbocycles. The van der Waals surface area contributed by atoms with E-state index < -0.39 is 32.4 Å². The van der Waals surface area contributed by atoms with E-state index in [1.54, 1.807) is 14.0 Å². The Kier molecular flexibility index (Phi) is 6.53. The number of carbonyl (C=O) groups excluding carboxylic acids is 1. The average molecular weight is 508 g/mol. The number of nitro groups is 1. The molecule has 1 fully saturated rings. The highest BCUT2D eigenvalue weighted by Crippen LogP contribution is 2.27. The predicted octanol–water partition coefficient (Wildman–Crippen LogP) is 1.16. The average Bonchev–Trinajstić information content (AvgIpc) is 3.44. The van der Waals surface area contributed by atoms with E-state index >= 15 is 0 Å². The third-order valence-corrected chi connectivity index (χ3v) is 7.67. The van der Waals surface area contributed by atoms with Gasteiger partial charge in [0.25, 0.3) is 5.91 Å². The molecular weight excluding hydrogens is 485 g/mol. The fraction of sp³-hybridized carbons (Fsp3) is 0.350. The summed E-state index contributed by atoms with van der Waals surface area (Å²) in [7, 11) is -2.07. The first-order valence-corrected chi connectivity index (χ1v) is 11.9. The van der Waals surface area contributed by atoms with Gasteiger partial charge in [0.2, 0.25) is 15.8 Å². The number of piperazine rings is 1. The summed E-state index contributed by atoms with van der Waals surface area (Å²) in [5.41, 5.74) is 0.228. The second kappa shape index (κ2) is 9.42. The molecule has 0 unspecified atom stereocenters. The van der Waals surface area contributed by atoms with Crippen LogP contribution < -0.4 is 4.74 Å². The molecule has 1 amide bonds. The normalized spacial score (nSPS) is 14.8. The summed E-state index contributed by atoms with van der Waals surface area (Å²) in [5, 5.41) is 19.2. The van der Waals surface area contributed by atoms with Gasteiger partial charge in [0.1, 0.15) is 10.7 Å². The van der Waals surface area contributed by atoms with Crippen LogP contribution in [0.1, 0.15) is 16.2 Å². The van der Waals surface area contributed by atoms with Crippen LogP contribution in [0.4, 0.5) is 10.1 Å². The van der Waals surface area contributed by atoms with E-state index in [0.29, 0.717) is 5.69 Å². The highest BCUT2D eigenvalue weighted by molar-refractivity contribution is 7.89. The van der Waals surface area contributed by atoms with E-state index in [1.807, 2.05) is 0 Å². The number of halogens is 1. The Morgan fingerprint density at radius 1 is 1.23 bits per heavy atom. The first kappa shape index (κ1) is 24.3. The van der Waals surface area contributed by atoms with Gasteiger partial charge in [-0.2, -0.15) is 14.5 Å². The third-order valence-electron chi connectivity index (χ3n) is 5.66. The minimum atomic E-state index is -3.73. The molecule has 1 aliphatic rings.